The minimum atomic E-state index is -5.69. The second-order valence-corrected chi connectivity index (χ2v) is 2.65. The molecule has 0 bridgehead atoms. The lowest BCUT2D eigenvalue weighted by Gasteiger charge is -2.22. The van der Waals surface area contributed by atoms with Crippen LogP contribution in [-0.2, 0) is 9.53 Å². The third kappa shape index (κ3) is 4.22. The summed E-state index contributed by atoms with van der Waals surface area (Å²) >= 11 is 0. The molecule has 0 aliphatic rings. The normalized spacial score (nSPS) is 12.8. The zero-order valence-corrected chi connectivity index (χ0v) is 7.37. The first-order chi connectivity index (χ1) is 6.46. The molecule has 0 heterocycles. The largest absolute Gasteiger partial charge is 0.439 e. The van der Waals surface area contributed by atoms with Gasteiger partial charge in [-0.1, -0.05) is 6.58 Å². The van der Waals surface area contributed by atoms with E-state index < -0.39 is 30.0 Å². The van der Waals surface area contributed by atoms with Gasteiger partial charge >= 0.3 is 18.3 Å². The van der Waals surface area contributed by atoms with Gasteiger partial charge in [0.05, 0.1) is 0 Å². The highest BCUT2D eigenvalue weighted by molar-refractivity contribution is 5.87. The lowest BCUT2D eigenvalue weighted by Crippen LogP contribution is -2.45. The monoisotopic (exact) mass is 236 g/mol. The summed E-state index contributed by atoms with van der Waals surface area (Å²) in [5, 5.41) is 0. The molecule has 0 amide bonds. The second kappa shape index (κ2) is 4.11. The number of hydrogen-bond acceptors (Lipinski definition) is 2. The Morgan fingerprint density at radius 2 is 1.47 bits per heavy atom. The fourth-order valence-corrected chi connectivity index (χ4v) is 0.527. The zero-order chi connectivity index (χ0) is 12.4. The van der Waals surface area contributed by atoms with Gasteiger partial charge in [0.1, 0.15) is 0 Å². The molecule has 88 valence electrons. The van der Waals surface area contributed by atoms with Crippen molar-refractivity contribution in [1.29, 1.82) is 0 Å². The molecular formula is C7H6F6O2. The minimum absolute atomic E-state index is 0.548. The summed E-state index contributed by atoms with van der Waals surface area (Å²) in [5.41, 5.74) is -0.548. The lowest BCUT2D eigenvalue weighted by molar-refractivity contribution is -0.312. The highest BCUT2D eigenvalue weighted by atomic mass is 19.4. The second-order valence-electron chi connectivity index (χ2n) is 2.65. The van der Waals surface area contributed by atoms with E-state index in [1.807, 2.05) is 0 Å². The number of carbonyl (C=O) groups excluding carboxylic acids is 1. The van der Waals surface area contributed by atoms with Crippen molar-refractivity contribution in [3.63, 3.8) is 0 Å². The quantitative estimate of drug-likeness (QED) is 0.418. The molecule has 0 atom stereocenters. The maximum absolute atomic E-state index is 11.8. The molecular weight excluding hydrogens is 230 g/mol. The van der Waals surface area contributed by atoms with Crippen LogP contribution in [0.5, 0.6) is 0 Å². The van der Waals surface area contributed by atoms with Crippen molar-refractivity contribution < 1.29 is 35.9 Å². The van der Waals surface area contributed by atoms with Crippen LogP contribution in [0.4, 0.5) is 26.3 Å². The Morgan fingerprint density at radius 3 is 1.67 bits per heavy atom. The van der Waals surface area contributed by atoms with Crippen molar-refractivity contribution in [3.8, 4) is 0 Å². The summed E-state index contributed by atoms with van der Waals surface area (Å²) in [6, 6.07) is 0. The van der Waals surface area contributed by atoms with Gasteiger partial charge in [-0.15, -0.1) is 0 Å². The SMILES string of the molecule is C=C(C)C(=O)OC(C(F)(F)F)C(F)(F)F. The minimum Gasteiger partial charge on any atom is -0.439 e. The third-order valence-electron chi connectivity index (χ3n) is 1.17. The Hall–Kier alpha value is -1.21. The highest BCUT2D eigenvalue weighted by Crippen LogP contribution is 2.35. The number of rotatable bonds is 2. The predicted molar refractivity (Wildman–Crippen MR) is 36.8 cm³/mol. The van der Waals surface area contributed by atoms with Crippen molar-refractivity contribution in [2.45, 2.75) is 25.4 Å². The van der Waals surface area contributed by atoms with E-state index >= 15 is 0 Å². The average Bonchev–Trinajstić information content (AvgIpc) is 1.94. The van der Waals surface area contributed by atoms with Crippen LogP contribution in [0.1, 0.15) is 6.92 Å². The Labute approximate surface area is 80.5 Å². The first kappa shape index (κ1) is 13.8. The van der Waals surface area contributed by atoms with Gasteiger partial charge in [0, 0.05) is 5.57 Å². The average molecular weight is 236 g/mol. The van der Waals surface area contributed by atoms with Crippen LogP contribution in [0.3, 0.4) is 0 Å². The molecule has 8 heteroatoms. The molecule has 0 radical (unpaired) electrons. The van der Waals surface area contributed by atoms with Gasteiger partial charge in [-0.25, -0.2) is 4.79 Å². The summed E-state index contributed by atoms with van der Waals surface area (Å²) in [7, 11) is 0. The Morgan fingerprint density at radius 1 is 1.13 bits per heavy atom. The Kier molecular flexibility index (Phi) is 3.78. The number of ether oxygens (including phenoxy) is 1. The van der Waals surface area contributed by atoms with Gasteiger partial charge in [-0.3, -0.25) is 0 Å². The van der Waals surface area contributed by atoms with Crippen LogP contribution in [0.15, 0.2) is 12.2 Å². The van der Waals surface area contributed by atoms with E-state index in [0.717, 1.165) is 6.92 Å². The maximum Gasteiger partial charge on any atom is 0.434 e. The van der Waals surface area contributed by atoms with E-state index in [-0.39, 0.29) is 0 Å². The standard InChI is InChI=1S/C7H6F6O2/c1-3(2)4(14)15-5(6(8,9)10)7(11,12)13/h5H,1H2,2H3. The maximum atomic E-state index is 11.8. The summed E-state index contributed by atoms with van der Waals surface area (Å²) in [6.45, 7) is 3.80. The summed E-state index contributed by atoms with van der Waals surface area (Å²) in [5.74, 6) is -1.74. The Balaban J connectivity index is 4.85. The van der Waals surface area contributed by atoms with Gasteiger partial charge < -0.3 is 4.74 Å². The van der Waals surface area contributed by atoms with E-state index in [2.05, 4.69) is 11.3 Å². The molecule has 0 rings (SSSR count). The van der Waals surface area contributed by atoms with Gasteiger partial charge in [-0.2, -0.15) is 26.3 Å². The molecule has 2 nitrogen and oxygen atoms in total. The van der Waals surface area contributed by atoms with E-state index in [1.165, 1.54) is 0 Å². The van der Waals surface area contributed by atoms with Crippen molar-refractivity contribution in [1.82, 2.24) is 0 Å². The summed E-state index contributed by atoms with van der Waals surface area (Å²) in [6.07, 6.45) is -15.5. The van der Waals surface area contributed by atoms with Gasteiger partial charge in [0.15, 0.2) is 0 Å². The van der Waals surface area contributed by atoms with Crippen molar-refractivity contribution in [3.05, 3.63) is 12.2 Å². The number of hydrogen-bond donors (Lipinski definition) is 0. The van der Waals surface area contributed by atoms with Crippen molar-refractivity contribution in [2.75, 3.05) is 0 Å². The predicted octanol–water partition coefficient (Wildman–Crippen LogP) is 2.60. The van der Waals surface area contributed by atoms with Crippen LogP contribution in [0.25, 0.3) is 0 Å². The van der Waals surface area contributed by atoms with Gasteiger partial charge in [0.25, 0.3) is 6.10 Å². The smallest absolute Gasteiger partial charge is 0.434 e. The van der Waals surface area contributed by atoms with Crippen LogP contribution in [0.2, 0.25) is 0 Å². The van der Waals surface area contributed by atoms with Gasteiger partial charge in [-0.05, 0) is 6.92 Å². The summed E-state index contributed by atoms with van der Waals surface area (Å²) in [4.78, 5) is 10.5. The van der Waals surface area contributed by atoms with Crippen molar-refractivity contribution in [2.24, 2.45) is 0 Å². The first-order valence-corrected chi connectivity index (χ1v) is 3.46. The molecule has 0 unspecified atom stereocenters. The lowest BCUT2D eigenvalue weighted by atomic mass is 10.3. The van der Waals surface area contributed by atoms with Crippen LogP contribution < -0.4 is 0 Å². The fourth-order valence-electron chi connectivity index (χ4n) is 0.527. The van der Waals surface area contributed by atoms with Gasteiger partial charge in [0.2, 0.25) is 0 Å². The number of esters is 1. The molecule has 0 aliphatic carbocycles. The van der Waals surface area contributed by atoms with E-state index in [9.17, 15) is 31.1 Å². The first-order valence-electron chi connectivity index (χ1n) is 3.46. The topological polar surface area (TPSA) is 26.3 Å². The third-order valence-corrected chi connectivity index (χ3v) is 1.17. The number of carbonyl (C=O) groups is 1. The molecule has 0 aromatic heterocycles. The van der Waals surface area contributed by atoms with Crippen molar-refractivity contribution >= 4 is 5.97 Å². The number of alkyl halides is 6. The molecule has 0 aromatic rings. The van der Waals surface area contributed by atoms with Crippen LogP contribution >= 0.6 is 0 Å². The van der Waals surface area contributed by atoms with E-state index in [1.54, 1.807) is 0 Å². The highest BCUT2D eigenvalue weighted by Gasteiger charge is 2.59. The van der Waals surface area contributed by atoms with Crippen LogP contribution in [-0.4, -0.2) is 24.4 Å². The molecule has 0 N–H and O–H groups in total. The number of halogens is 6. The molecule has 0 fully saturated rings. The molecule has 0 aromatic carbocycles. The fraction of sp³-hybridized carbons (Fsp3) is 0.571. The Bertz CT molecular complexity index is 250. The molecule has 0 spiro atoms. The molecule has 0 aliphatic heterocycles. The van der Waals surface area contributed by atoms with E-state index in [0.29, 0.717) is 0 Å². The van der Waals surface area contributed by atoms with E-state index in [4.69, 9.17) is 0 Å². The molecule has 15 heavy (non-hydrogen) atoms. The summed E-state index contributed by atoms with van der Waals surface area (Å²) < 4.78 is 74.1. The molecule has 0 saturated heterocycles. The zero-order valence-electron chi connectivity index (χ0n) is 7.37. The van der Waals surface area contributed by atoms with Crippen LogP contribution in [0, 0.1) is 0 Å². The molecule has 0 saturated carbocycles.